The van der Waals surface area contributed by atoms with Gasteiger partial charge in [-0.1, -0.05) is 66.3 Å². The van der Waals surface area contributed by atoms with Gasteiger partial charge in [0.2, 0.25) is 23.6 Å². The van der Waals surface area contributed by atoms with Crippen molar-refractivity contribution in [2.75, 3.05) is 45.3 Å². The first kappa shape index (κ1) is 42.7. The van der Waals surface area contributed by atoms with Crippen LogP contribution in [0.1, 0.15) is 46.6 Å². The number of phenolic OH excluding ortho intramolecular Hbond substituents is 1. The van der Waals surface area contributed by atoms with Crippen molar-refractivity contribution >= 4 is 59.3 Å². The Hall–Kier alpha value is -7.60. The molecule has 5 aromatic rings. The van der Waals surface area contributed by atoms with Crippen LogP contribution >= 0.6 is 0 Å². The van der Waals surface area contributed by atoms with Crippen molar-refractivity contribution in [2.24, 2.45) is 29.6 Å². The minimum absolute atomic E-state index is 0.110. The fraction of sp³-hybridized carbons (Fsp3) is 0.245. The number of nitrogens with zero attached hydrogens (tertiary/aromatic N) is 2. The number of hydrogen-bond acceptors (Lipinski definition) is 10. The molecule has 9 rings (SSSR count). The smallest absolute Gasteiger partial charge is 0.238 e. The number of methoxy groups -OCH3 is 5. The molecular formula is C53H48N2O10. The molecule has 0 aromatic heterocycles. The van der Waals surface area contributed by atoms with Gasteiger partial charge in [0, 0.05) is 17.0 Å². The standard InChI is InChI=1S/C53H48N2O10/c1-61-37-19-24-44(63-3)32(26-37)12-6-30-8-15-35(16-9-30)54-50(57)40-22-21-39-41(48(40)52(54)59)29-42-49(47(39)34-14-23-46(65-5)43(56)28-34)53(60)55(51(42)58)36-17-10-31(11-18-36)7-13-33-27-38(62-2)20-25-45(33)64-4/h6-21,23-28,40-42,47-49,56H,22,29H2,1-5H3. The van der Waals surface area contributed by atoms with Gasteiger partial charge in [0.05, 0.1) is 70.6 Å². The number of amides is 4. The number of fused-ring (bicyclic) bond motifs is 4. The van der Waals surface area contributed by atoms with E-state index in [1.54, 1.807) is 70.9 Å². The Bertz CT molecular complexity index is 2790. The lowest BCUT2D eigenvalue weighted by atomic mass is 9.57. The fourth-order valence-electron chi connectivity index (χ4n) is 10.2. The maximum atomic E-state index is 14.7. The molecular weight excluding hydrogens is 825 g/mol. The summed E-state index contributed by atoms with van der Waals surface area (Å²) in [7, 11) is 7.86. The Morgan fingerprint density at radius 1 is 0.508 bits per heavy atom. The number of benzene rings is 5. The van der Waals surface area contributed by atoms with Crippen molar-refractivity contribution in [1.82, 2.24) is 0 Å². The van der Waals surface area contributed by atoms with E-state index in [-0.39, 0.29) is 41.5 Å². The number of carbonyl (C=O) groups is 4. The summed E-state index contributed by atoms with van der Waals surface area (Å²) < 4.78 is 27.2. The number of imide groups is 2. The highest BCUT2D eigenvalue weighted by molar-refractivity contribution is 6.24. The van der Waals surface area contributed by atoms with Crippen molar-refractivity contribution in [3.63, 3.8) is 0 Å². The number of anilines is 2. The van der Waals surface area contributed by atoms with Gasteiger partial charge < -0.3 is 28.8 Å². The van der Waals surface area contributed by atoms with Gasteiger partial charge in [-0.05, 0) is 108 Å². The number of ether oxygens (including phenoxy) is 5. The van der Waals surface area contributed by atoms with Crippen molar-refractivity contribution in [2.45, 2.75) is 18.8 Å². The lowest BCUT2D eigenvalue weighted by molar-refractivity contribution is -0.126. The highest BCUT2D eigenvalue weighted by atomic mass is 16.5. The Kier molecular flexibility index (Phi) is 11.5. The van der Waals surface area contributed by atoms with Crippen LogP contribution in [-0.2, 0) is 19.2 Å². The van der Waals surface area contributed by atoms with E-state index < -0.39 is 35.5 Å². The van der Waals surface area contributed by atoms with Crippen molar-refractivity contribution in [3.05, 3.63) is 143 Å². The van der Waals surface area contributed by atoms with Crippen molar-refractivity contribution in [3.8, 4) is 34.5 Å². The molecule has 0 spiro atoms. The van der Waals surface area contributed by atoms with Gasteiger partial charge in [-0.3, -0.25) is 29.0 Å². The second kappa shape index (κ2) is 17.5. The summed E-state index contributed by atoms with van der Waals surface area (Å²) >= 11 is 0. The molecule has 3 fully saturated rings. The van der Waals surface area contributed by atoms with Crippen molar-refractivity contribution < 1.29 is 48.0 Å². The lowest BCUT2D eigenvalue weighted by Gasteiger charge is -2.44. The van der Waals surface area contributed by atoms with Crippen LogP contribution in [0.5, 0.6) is 34.5 Å². The Morgan fingerprint density at radius 3 is 1.49 bits per heavy atom. The first-order chi connectivity index (χ1) is 31.6. The molecule has 6 unspecified atom stereocenters. The summed E-state index contributed by atoms with van der Waals surface area (Å²) in [6.07, 6.45) is 10.1. The minimum Gasteiger partial charge on any atom is -0.504 e. The van der Waals surface area contributed by atoms with Crippen LogP contribution in [0, 0.1) is 29.6 Å². The predicted octanol–water partition coefficient (Wildman–Crippen LogP) is 8.82. The average molecular weight is 873 g/mol. The van der Waals surface area contributed by atoms with E-state index in [2.05, 4.69) is 0 Å². The first-order valence-corrected chi connectivity index (χ1v) is 21.4. The molecule has 6 atom stereocenters. The summed E-state index contributed by atoms with van der Waals surface area (Å²) in [6, 6.07) is 30.4. The van der Waals surface area contributed by atoms with Crippen LogP contribution in [0.3, 0.4) is 0 Å². The molecule has 0 radical (unpaired) electrons. The summed E-state index contributed by atoms with van der Waals surface area (Å²) in [5, 5.41) is 11.0. The molecule has 2 aliphatic carbocycles. The van der Waals surface area contributed by atoms with Crippen LogP contribution < -0.4 is 33.5 Å². The van der Waals surface area contributed by atoms with Gasteiger partial charge >= 0.3 is 0 Å². The molecule has 0 bridgehead atoms. The van der Waals surface area contributed by atoms with Gasteiger partial charge in [0.1, 0.15) is 23.0 Å². The topological polar surface area (TPSA) is 141 Å². The minimum atomic E-state index is -0.810. The Morgan fingerprint density at radius 2 is 1.00 bits per heavy atom. The van der Waals surface area contributed by atoms with Crippen LogP contribution in [0.15, 0.2) is 115 Å². The zero-order chi connectivity index (χ0) is 45.5. The monoisotopic (exact) mass is 872 g/mol. The highest BCUT2D eigenvalue weighted by Gasteiger charge is 2.62. The number of hydrogen-bond donors (Lipinski definition) is 1. The third kappa shape index (κ3) is 7.58. The SMILES string of the molecule is COc1ccc(OC)c(C=Cc2ccc(N3C(=O)C4CC=C5C(CC6C(=O)N(c7ccc(C=Cc8cc(OC)ccc8OC)cc7)C(=O)C6C5c5ccc(OC)c(O)c5)C4C3=O)cc2)c1. The van der Waals surface area contributed by atoms with E-state index >= 15 is 0 Å². The number of carbonyl (C=O) groups excluding carboxylic acids is 4. The predicted molar refractivity (Wildman–Crippen MR) is 247 cm³/mol. The van der Waals surface area contributed by atoms with Gasteiger partial charge in [0.25, 0.3) is 0 Å². The summed E-state index contributed by atoms with van der Waals surface area (Å²) in [4.78, 5) is 60.9. The number of aromatic hydroxyl groups is 1. The second-order valence-electron chi connectivity index (χ2n) is 16.5. The normalized spacial score (nSPS) is 22.5. The molecule has 1 N–H and O–H groups in total. The lowest BCUT2D eigenvalue weighted by Crippen LogP contribution is -2.43. The van der Waals surface area contributed by atoms with Gasteiger partial charge in [0.15, 0.2) is 11.5 Å². The Labute approximate surface area is 376 Å². The molecule has 2 heterocycles. The average Bonchev–Trinajstić information content (AvgIpc) is 3.74. The third-order valence-electron chi connectivity index (χ3n) is 13.3. The van der Waals surface area contributed by atoms with Crippen molar-refractivity contribution in [1.29, 1.82) is 0 Å². The molecule has 5 aromatic carbocycles. The van der Waals surface area contributed by atoms with E-state index in [1.165, 1.54) is 16.9 Å². The number of phenols is 1. The molecule has 12 heteroatoms. The van der Waals surface area contributed by atoms with Crippen LogP contribution in [-0.4, -0.2) is 64.3 Å². The summed E-state index contributed by atoms with van der Waals surface area (Å²) in [5.74, 6) is -2.61. The molecule has 4 amide bonds. The summed E-state index contributed by atoms with van der Waals surface area (Å²) in [5.41, 5.74) is 5.64. The largest absolute Gasteiger partial charge is 0.504 e. The van der Waals surface area contributed by atoms with Crippen LogP contribution in [0.4, 0.5) is 11.4 Å². The molecule has 1 saturated carbocycles. The fourth-order valence-corrected chi connectivity index (χ4v) is 10.2. The molecule has 65 heavy (non-hydrogen) atoms. The van der Waals surface area contributed by atoms with Gasteiger partial charge in [-0.15, -0.1) is 0 Å². The maximum Gasteiger partial charge on any atom is 0.238 e. The molecule has 12 nitrogen and oxygen atoms in total. The third-order valence-corrected chi connectivity index (χ3v) is 13.3. The van der Waals surface area contributed by atoms with E-state index in [0.717, 1.165) is 27.8 Å². The van der Waals surface area contributed by atoms with Gasteiger partial charge in [-0.25, -0.2) is 0 Å². The zero-order valence-electron chi connectivity index (χ0n) is 36.6. The Balaban J connectivity index is 1.01. The van der Waals surface area contributed by atoms with E-state index in [9.17, 15) is 24.3 Å². The quantitative estimate of drug-likeness (QED) is 0.0735. The van der Waals surface area contributed by atoms with E-state index in [0.29, 0.717) is 46.4 Å². The number of rotatable bonds is 12. The summed E-state index contributed by atoms with van der Waals surface area (Å²) in [6.45, 7) is 0. The molecule has 330 valence electrons. The maximum absolute atomic E-state index is 14.7. The molecule has 2 aliphatic heterocycles. The highest BCUT2D eigenvalue weighted by Crippen LogP contribution is 2.59. The van der Waals surface area contributed by atoms with Crippen LogP contribution in [0.25, 0.3) is 24.3 Å². The van der Waals surface area contributed by atoms with Crippen LogP contribution in [0.2, 0.25) is 0 Å². The molecule has 4 aliphatic rings. The second-order valence-corrected chi connectivity index (χ2v) is 16.5. The van der Waals surface area contributed by atoms with E-state index in [1.807, 2.05) is 91.0 Å². The first-order valence-electron chi connectivity index (χ1n) is 21.4. The van der Waals surface area contributed by atoms with E-state index in [4.69, 9.17) is 23.7 Å². The van der Waals surface area contributed by atoms with Gasteiger partial charge in [-0.2, -0.15) is 0 Å². The zero-order valence-corrected chi connectivity index (χ0v) is 36.6. The number of allylic oxidation sites excluding steroid dienone is 2. The molecule has 2 saturated heterocycles.